The first-order valence-corrected chi connectivity index (χ1v) is 12.6. The summed E-state index contributed by atoms with van der Waals surface area (Å²) >= 11 is 0.939. The highest BCUT2D eigenvalue weighted by Crippen LogP contribution is 2.37. The average molecular weight is 485 g/mol. The maximum absolute atomic E-state index is 13.2. The molecule has 0 spiro atoms. The second kappa shape index (κ2) is 9.00. The summed E-state index contributed by atoms with van der Waals surface area (Å²) in [5, 5.41) is 7.42. The van der Waals surface area contributed by atoms with Crippen LogP contribution in [0.3, 0.4) is 0 Å². The molecule has 1 amide bonds. The van der Waals surface area contributed by atoms with Gasteiger partial charge in [0.1, 0.15) is 22.3 Å². The lowest BCUT2D eigenvalue weighted by Crippen LogP contribution is -2.47. The van der Waals surface area contributed by atoms with Crippen LogP contribution in [0, 0.1) is 19.8 Å². The Hall–Kier alpha value is -3.15. The lowest BCUT2D eigenvalue weighted by Gasteiger charge is -2.22. The maximum Gasteiger partial charge on any atom is 0.243 e. The van der Waals surface area contributed by atoms with E-state index < -0.39 is 22.0 Å². The van der Waals surface area contributed by atoms with Crippen LogP contribution in [-0.2, 0) is 26.2 Å². The summed E-state index contributed by atoms with van der Waals surface area (Å²) in [5.41, 5.74) is 3.58. The molecule has 0 fully saturated rings. The first-order valence-electron chi connectivity index (χ1n) is 10.3. The predicted molar refractivity (Wildman–Crippen MR) is 129 cm³/mol. The molecule has 1 aliphatic heterocycles. The number of amides is 1. The zero-order valence-electron chi connectivity index (χ0n) is 18.6. The molecule has 1 atom stereocenters. The number of anilines is 1. The normalized spacial score (nSPS) is 13.6. The second-order valence-electron chi connectivity index (χ2n) is 8.01. The summed E-state index contributed by atoms with van der Waals surface area (Å²) in [6.45, 7) is 7.22. The van der Waals surface area contributed by atoms with Crippen LogP contribution < -0.4 is 10.0 Å². The van der Waals surface area contributed by atoms with Crippen LogP contribution in [0.4, 0.5) is 17.1 Å². The van der Waals surface area contributed by atoms with Crippen molar-refractivity contribution in [1.82, 2.24) is 14.5 Å². The molecule has 1 aromatic heterocycles. The molecule has 0 radical (unpaired) electrons. The van der Waals surface area contributed by atoms with E-state index in [1.165, 1.54) is 6.07 Å². The number of hydrogen-bond donors (Lipinski definition) is 2. The molecule has 0 bridgehead atoms. The number of nitrogens with zero attached hydrogens (tertiary/aromatic N) is 4. The standard InChI is InChI=1S/C22H24N6O3S2/c1-13(2)19(27-33(30,31)18-12-8-11-17-21(18)26-32-25-17)22(29)23-20-14(3)24-28(15(20)4)16-9-6-5-7-10-16/h5-13,19,27H,1-4H3,(H,23,29)/t19-/m0/s1. The number of fused-ring (bicyclic) bond motifs is 1. The van der Waals surface area contributed by atoms with Crippen LogP contribution in [0.25, 0.3) is 5.69 Å². The van der Waals surface area contributed by atoms with E-state index >= 15 is 0 Å². The van der Waals surface area contributed by atoms with Crippen molar-refractivity contribution in [3.05, 3.63) is 59.9 Å². The third-order valence-electron chi connectivity index (χ3n) is 5.31. The molecule has 0 aliphatic carbocycles. The summed E-state index contributed by atoms with van der Waals surface area (Å²) in [6.07, 6.45) is 0. The van der Waals surface area contributed by atoms with Gasteiger partial charge in [0.25, 0.3) is 0 Å². The first kappa shape index (κ1) is 23.0. The van der Waals surface area contributed by atoms with Crippen LogP contribution in [0.2, 0.25) is 0 Å². The zero-order valence-corrected chi connectivity index (χ0v) is 20.2. The molecule has 33 heavy (non-hydrogen) atoms. The summed E-state index contributed by atoms with van der Waals surface area (Å²) in [7, 11) is -4.02. The zero-order chi connectivity index (χ0) is 23.8. The quantitative estimate of drug-likeness (QED) is 0.409. The van der Waals surface area contributed by atoms with Gasteiger partial charge in [0, 0.05) is 0 Å². The number of aryl methyl sites for hydroxylation is 1. The molecule has 2 N–H and O–H groups in total. The number of rotatable bonds is 7. The van der Waals surface area contributed by atoms with Gasteiger partial charge in [0.05, 0.1) is 34.1 Å². The molecule has 0 saturated heterocycles. The van der Waals surface area contributed by atoms with Gasteiger partial charge in [-0.1, -0.05) is 38.1 Å². The fourth-order valence-corrected chi connectivity index (χ4v) is 5.68. The van der Waals surface area contributed by atoms with Crippen LogP contribution in [0.1, 0.15) is 25.2 Å². The van der Waals surface area contributed by atoms with Gasteiger partial charge in [-0.05, 0) is 44.0 Å². The molecule has 0 unspecified atom stereocenters. The Bertz CT molecular complexity index is 1390. The first-order chi connectivity index (χ1) is 15.7. The van der Waals surface area contributed by atoms with E-state index in [4.69, 9.17) is 0 Å². The SMILES string of the molecule is Cc1nn(-c2ccccc2)c(C)c1NC(=O)[C@@H](NS(=O)(=O)c1cccc2c1N=S=N2)C(C)C. The van der Waals surface area contributed by atoms with Gasteiger partial charge in [-0.2, -0.15) is 18.5 Å². The van der Waals surface area contributed by atoms with Crippen molar-refractivity contribution in [2.45, 2.75) is 38.6 Å². The minimum atomic E-state index is -4.02. The monoisotopic (exact) mass is 484 g/mol. The third-order valence-corrected chi connectivity index (χ3v) is 7.33. The summed E-state index contributed by atoms with van der Waals surface area (Å²) in [6, 6.07) is 13.3. The number of benzene rings is 2. The van der Waals surface area contributed by atoms with E-state index in [0.717, 1.165) is 22.7 Å². The van der Waals surface area contributed by atoms with Crippen molar-refractivity contribution in [2.24, 2.45) is 14.6 Å². The van der Waals surface area contributed by atoms with Crippen molar-refractivity contribution < 1.29 is 13.2 Å². The van der Waals surface area contributed by atoms with E-state index in [2.05, 4.69) is 23.9 Å². The minimum Gasteiger partial charge on any atom is -0.322 e. The topological polar surface area (TPSA) is 118 Å². The fraction of sp³-hybridized carbons (Fsp3) is 0.273. The van der Waals surface area contributed by atoms with E-state index in [9.17, 15) is 13.2 Å². The molecule has 11 heteroatoms. The number of carbonyl (C=O) groups is 1. The van der Waals surface area contributed by atoms with E-state index in [-0.39, 0.29) is 16.5 Å². The van der Waals surface area contributed by atoms with Crippen LogP contribution in [0.15, 0.2) is 62.2 Å². The summed E-state index contributed by atoms with van der Waals surface area (Å²) in [4.78, 5) is 13.2. The Morgan fingerprint density at radius 2 is 1.76 bits per heavy atom. The van der Waals surface area contributed by atoms with Gasteiger partial charge in [0.2, 0.25) is 15.9 Å². The van der Waals surface area contributed by atoms with Crippen molar-refractivity contribution in [2.75, 3.05) is 5.32 Å². The number of sulfonamides is 1. The van der Waals surface area contributed by atoms with Crippen molar-refractivity contribution in [3.63, 3.8) is 0 Å². The van der Waals surface area contributed by atoms with Crippen LogP contribution in [0.5, 0.6) is 0 Å². The van der Waals surface area contributed by atoms with Gasteiger partial charge in [0.15, 0.2) is 0 Å². The van der Waals surface area contributed by atoms with Crippen LogP contribution in [-0.4, -0.2) is 30.1 Å². The molecule has 4 rings (SSSR count). The number of carbonyl (C=O) groups excluding carboxylic acids is 1. The predicted octanol–water partition coefficient (Wildman–Crippen LogP) is 4.16. The number of hydrogen-bond acceptors (Lipinski definition) is 6. The van der Waals surface area contributed by atoms with E-state index in [1.54, 1.807) is 37.6 Å². The second-order valence-corrected chi connectivity index (χ2v) is 10.2. The van der Waals surface area contributed by atoms with E-state index in [1.807, 2.05) is 37.3 Å². The number of nitrogens with one attached hydrogen (secondary N) is 2. The van der Waals surface area contributed by atoms with Gasteiger partial charge in [-0.3, -0.25) is 4.79 Å². The smallest absolute Gasteiger partial charge is 0.243 e. The molecule has 9 nitrogen and oxygen atoms in total. The molecule has 3 aromatic rings. The van der Waals surface area contributed by atoms with E-state index in [0.29, 0.717) is 17.1 Å². The highest BCUT2D eigenvalue weighted by molar-refractivity contribution is 7.89. The molecular weight excluding hydrogens is 460 g/mol. The number of para-hydroxylation sites is 1. The highest BCUT2D eigenvalue weighted by Gasteiger charge is 2.31. The Balaban J connectivity index is 1.60. The number of aromatic nitrogens is 2. The fourth-order valence-electron chi connectivity index (χ4n) is 3.57. The van der Waals surface area contributed by atoms with Crippen molar-refractivity contribution in [1.29, 1.82) is 0 Å². The van der Waals surface area contributed by atoms with Gasteiger partial charge in [-0.15, -0.1) is 0 Å². The lowest BCUT2D eigenvalue weighted by molar-refractivity contribution is -0.118. The summed E-state index contributed by atoms with van der Waals surface area (Å²) < 4.78 is 38.8. The Morgan fingerprint density at radius 1 is 1.03 bits per heavy atom. The molecular formula is C22H24N6O3S2. The van der Waals surface area contributed by atoms with Gasteiger partial charge in [-0.25, -0.2) is 13.1 Å². The molecule has 1 aliphatic rings. The molecule has 172 valence electrons. The minimum absolute atomic E-state index is 0.00328. The third kappa shape index (κ3) is 4.52. The lowest BCUT2D eigenvalue weighted by atomic mass is 10.0. The molecule has 2 heterocycles. The molecule has 0 saturated carbocycles. The van der Waals surface area contributed by atoms with Gasteiger partial charge >= 0.3 is 0 Å². The Kier molecular flexibility index (Phi) is 6.28. The summed E-state index contributed by atoms with van der Waals surface area (Å²) in [5.74, 6) is -0.770. The van der Waals surface area contributed by atoms with Gasteiger partial charge < -0.3 is 5.32 Å². The molecule has 2 aromatic carbocycles. The van der Waals surface area contributed by atoms with Crippen molar-refractivity contribution >= 4 is 44.3 Å². The largest absolute Gasteiger partial charge is 0.322 e. The Labute approximate surface area is 196 Å². The highest BCUT2D eigenvalue weighted by atomic mass is 32.2. The maximum atomic E-state index is 13.2. The van der Waals surface area contributed by atoms with Crippen molar-refractivity contribution in [3.8, 4) is 5.69 Å². The van der Waals surface area contributed by atoms with Crippen LogP contribution >= 0.6 is 0 Å². The average Bonchev–Trinajstić information content (AvgIpc) is 3.37. The Morgan fingerprint density at radius 3 is 2.45 bits per heavy atom.